The van der Waals surface area contributed by atoms with Gasteiger partial charge in [-0.3, -0.25) is 0 Å². The Hall–Kier alpha value is -0.290. The number of nitrogens with one attached hydrogen (secondary N) is 1. The summed E-state index contributed by atoms with van der Waals surface area (Å²) in [6.07, 6.45) is -5.17. The fourth-order valence-corrected chi connectivity index (χ4v) is 1.01. The molecule has 0 saturated carbocycles. The summed E-state index contributed by atoms with van der Waals surface area (Å²) in [5.74, 6) is 0.535. The molecule has 5 heteroatoms. The molecule has 0 aromatic carbocycles. The van der Waals surface area contributed by atoms with Crippen molar-refractivity contribution in [3.63, 3.8) is 0 Å². The van der Waals surface area contributed by atoms with Gasteiger partial charge in [-0.05, 0) is 19.4 Å². The molecule has 92 valence electrons. The van der Waals surface area contributed by atoms with Gasteiger partial charge in [0.2, 0.25) is 0 Å². The van der Waals surface area contributed by atoms with E-state index in [1.807, 2.05) is 0 Å². The van der Waals surface area contributed by atoms with E-state index in [0.29, 0.717) is 12.5 Å². The van der Waals surface area contributed by atoms with E-state index in [2.05, 4.69) is 19.2 Å². The standard InChI is InChI=1S/C10H20F3NO/c1-8(2)6-14-7-9(3)15-5-4-10(11,12)13/h8-9,14H,4-7H2,1-3H3. The van der Waals surface area contributed by atoms with Crippen molar-refractivity contribution in [2.45, 2.75) is 39.5 Å². The highest BCUT2D eigenvalue weighted by molar-refractivity contribution is 4.58. The smallest absolute Gasteiger partial charge is 0.377 e. The van der Waals surface area contributed by atoms with Crippen LogP contribution in [0.3, 0.4) is 0 Å². The van der Waals surface area contributed by atoms with Gasteiger partial charge in [-0.15, -0.1) is 0 Å². The van der Waals surface area contributed by atoms with E-state index in [0.717, 1.165) is 6.54 Å². The molecular formula is C10H20F3NO. The first-order chi connectivity index (χ1) is 6.81. The molecule has 0 saturated heterocycles. The molecule has 15 heavy (non-hydrogen) atoms. The summed E-state index contributed by atoms with van der Waals surface area (Å²) < 4.78 is 40.3. The molecule has 0 rings (SSSR count). The van der Waals surface area contributed by atoms with E-state index in [1.165, 1.54) is 0 Å². The number of rotatable bonds is 7. The van der Waals surface area contributed by atoms with Crippen LogP contribution in [-0.2, 0) is 4.74 Å². The Kier molecular flexibility index (Phi) is 6.92. The van der Waals surface area contributed by atoms with Crippen molar-refractivity contribution in [2.75, 3.05) is 19.7 Å². The van der Waals surface area contributed by atoms with Crippen molar-refractivity contribution in [1.29, 1.82) is 0 Å². The second-order valence-corrected chi connectivity index (χ2v) is 4.10. The number of alkyl halides is 3. The molecule has 0 aliphatic carbocycles. The molecule has 0 aliphatic rings. The van der Waals surface area contributed by atoms with Gasteiger partial charge in [0.15, 0.2) is 0 Å². The molecule has 0 aliphatic heterocycles. The van der Waals surface area contributed by atoms with Gasteiger partial charge in [-0.1, -0.05) is 13.8 Å². The third kappa shape index (κ3) is 11.6. The van der Waals surface area contributed by atoms with E-state index >= 15 is 0 Å². The molecule has 2 nitrogen and oxygen atoms in total. The lowest BCUT2D eigenvalue weighted by Crippen LogP contribution is -2.30. The van der Waals surface area contributed by atoms with Gasteiger partial charge in [0.05, 0.1) is 19.1 Å². The Balaban J connectivity index is 3.37. The molecule has 0 aromatic rings. The fourth-order valence-electron chi connectivity index (χ4n) is 1.01. The van der Waals surface area contributed by atoms with Crippen molar-refractivity contribution in [3.8, 4) is 0 Å². The summed E-state index contributed by atoms with van der Waals surface area (Å²) in [5.41, 5.74) is 0. The highest BCUT2D eigenvalue weighted by Gasteiger charge is 2.26. The van der Waals surface area contributed by atoms with Gasteiger partial charge in [0, 0.05) is 6.54 Å². The van der Waals surface area contributed by atoms with E-state index in [-0.39, 0.29) is 12.7 Å². The number of hydrogen-bond donors (Lipinski definition) is 1. The lowest BCUT2D eigenvalue weighted by atomic mass is 10.2. The van der Waals surface area contributed by atoms with E-state index in [1.54, 1.807) is 6.92 Å². The van der Waals surface area contributed by atoms with Gasteiger partial charge in [0.25, 0.3) is 0 Å². The van der Waals surface area contributed by atoms with Crippen molar-refractivity contribution in [1.82, 2.24) is 5.32 Å². The molecule has 0 fully saturated rings. The van der Waals surface area contributed by atoms with E-state index in [4.69, 9.17) is 4.74 Å². The highest BCUT2D eigenvalue weighted by Crippen LogP contribution is 2.19. The lowest BCUT2D eigenvalue weighted by molar-refractivity contribution is -0.148. The van der Waals surface area contributed by atoms with Gasteiger partial charge >= 0.3 is 6.18 Å². The molecule has 0 bridgehead atoms. The molecule has 0 heterocycles. The predicted molar refractivity (Wildman–Crippen MR) is 53.8 cm³/mol. The maximum absolute atomic E-state index is 11.8. The van der Waals surface area contributed by atoms with Crippen molar-refractivity contribution < 1.29 is 17.9 Å². The summed E-state index contributed by atoms with van der Waals surface area (Å²) in [7, 11) is 0. The molecule has 1 atom stereocenters. The normalized spacial score (nSPS) is 14.6. The van der Waals surface area contributed by atoms with Crippen LogP contribution in [0.5, 0.6) is 0 Å². The second-order valence-electron chi connectivity index (χ2n) is 4.10. The van der Waals surface area contributed by atoms with Crippen molar-refractivity contribution in [2.24, 2.45) is 5.92 Å². The number of halogens is 3. The Labute approximate surface area is 89.2 Å². The first-order valence-electron chi connectivity index (χ1n) is 5.20. The quantitative estimate of drug-likeness (QED) is 0.721. The Morgan fingerprint density at radius 1 is 1.13 bits per heavy atom. The maximum atomic E-state index is 11.8. The topological polar surface area (TPSA) is 21.3 Å². The first-order valence-corrected chi connectivity index (χ1v) is 5.20. The Bertz CT molecular complexity index is 159. The maximum Gasteiger partial charge on any atom is 0.391 e. The molecule has 1 N–H and O–H groups in total. The van der Waals surface area contributed by atoms with E-state index in [9.17, 15) is 13.2 Å². The van der Waals surface area contributed by atoms with Crippen LogP contribution in [0.15, 0.2) is 0 Å². The fraction of sp³-hybridized carbons (Fsp3) is 1.00. The van der Waals surface area contributed by atoms with Crippen LogP contribution in [0.4, 0.5) is 13.2 Å². The van der Waals surface area contributed by atoms with Crippen molar-refractivity contribution >= 4 is 0 Å². The zero-order chi connectivity index (χ0) is 11.9. The first kappa shape index (κ1) is 14.7. The molecule has 0 aromatic heterocycles. The SMILES string of the molecule is CC(C)CNCC(C)OCCC(F)(F)F. The third-order valence-electron chi connectivity index (χ3n) is 1.77. The molecule has 0 amide bonds. The number of ether oxygens (including phenoxy) is 1. The van der Waals surface area contributed by atoms with Gasteiger partial charge in [0.1, 0.15) is 0 Å². The molecule has 0 spiro atoms. The second kappa shape index (κ2) is 7.06. The van der Waals surface area contributed by atoms with Crippen LogP contribution in [-0.4, -0.2) is 32.0 Å². The average Bonchev–Trinajstić information content (AvgIpc) is 2.00. The molecule has 0 radical (unpaired) electrons. The Morgan fingerprint density at radius 3 is 2.20 bits per heavy atom. The minimum Gasteiger partial charge on any atom is -0.377 e. The lowest BCUT2D eigenvalue weighted by Gasteiger charge is -2.15. The Morgan fingerprint density at radius 2 is 1.73 bits per heavy atom. The summed E-state index contributed by atoms with van der Waals surface area (Å²) >= 11 is 0. The molecular weight excluding hydrogens is 207 g/mol. The van der Waals surface area contributed by atoms with Gasteiger partial charge in [-0.2, -0.15) is 13.2 Å². The van der Waals surface area contributed by atoms with Gasteiger partial charge in [-0.25, -0.2) is 0 Å². The highest BCUT2D eigenvalue weighted by atomic mass is 19.4. The summed E-state index contributed by atoms with van der Waals surface area (Å²) in [5, 5.41) is 3.13. The summed E-state index contributed by atoms with van der Waals surface area (Å²) in [4.78, 5) is 0. The zero-order valence-electron chi connectivity index (χ0n) is 9.53. The minimum absolute atomic E-state index is 0.175. The molecule has 1 unspecified atom stereocenters. The van der Waals surface area contributed by atoms with E-state index < -0.39 is 12.6 Å². The average molecular weight is 227 g/mol. The minimum atomic E-state index is -4.12. The van der Waals surface area contributed by atoms with Crippen LogP contribution in [0.25, 0.3) is 0 Å². The van der Waals surface area contributed by atoms with Crippen LogP contribution >= 0.6 is 0 Å². The predicted octanol–water partition coefficient (Wildman–Crippen LogP) is 2.59. The largest absolute Gasteiger partial charge is 0.391 e. The monoisotopic (exact) mass is 227 g/mol. The van der Waals surface area contributed by atoms with Crippen LogP contribution in [0.2, 0.25) is 0 Å². The third-order valence-corrected chi connectivity index (χ3v) is 1.77. The van der Waals surface area contributed by atoms with Crippen molar-refractivity contribution in [3.05, 3.63) is 0 Å². The zero-order valence-corrected chi connectivity index (χ0v) is 9.53. The van der Waals surface area contributed by atoms with Crippen LogP contribution < -0.4 is 5.32 Å². The van der Waals surface area contributed by atoms with Crippen LogP contribution in [0.1, 0.15) is 27.2 Å². The van der Waals surface area contributed by atoms with Crippen LogP contribution in [0, 0.1) is 5.92 Å². The summed E-state index contributed by atoms with van der Waals surface area (Å²) in [6.45, 7) is 7.10. The summed E-state index contributed by atoms with van der Waals surface area (Å²) in [6, 6.07) is 0. The van der Waals surface area contributed by atoms with Gasteiger partial charge < -0.3 is 10.1 Å². The number of hydrogen-bond acceptors (Lipinski definition) is 2.